The minimum atomic E-state index is -4.98. The molecule has 0 aliphatic heterocycles. The van der Waals surface area contributed by atoms with Crippen molar-refractivity contribution in [3.8, 4) is 17.1 Å². The number of phosphoric ester groups is 1. The summed E-state index contributed by atoms with van der Waals surface area (Å²) < 4.78 is 34.3. The zero-order valence-corrected chi connectivity index (χ0v) is 12.4. The van der Waals surface area contributed by atoms with Gasteiger partial charge in [0.05, 0.1) is 5.39 Å². The minimum absolute atomic E-state index is 0.113. The molecule has 2 N–H and O–H groups in total. The third kappa shape index (κ3) is 3.17. The Morgan fingerprint density at radius 1 is 1.04 bits per heavy atom. The number of hydrogen-bond donors (Lipinski definition) is 2. The highest BCUT2D eigenvalue weighted by atomic mass is 31.2. The molecule has 23 heavy (non-hydrogen) atoms. The Hall–Kier alpha value is -2.47. The first-order chi connectivity index (χ1) is 10.8. The Balaban J connectivity index is 2.33. The van der Waals surface area contributed by atoms with E-state index in [0.717, 1.165) is 12.1 Å². The summed E-state index contributed by atoms with van der Waals surface area (Å²) in [5, 5.41) is 0.113. The number of para-hydroxylation sites is 1. The Morgan fingerprint density at radius 3 is 2.35 bits per heavy atom. The second-order valence-corrected chi connectivity index (χ2v) is 5.84. The topological polar surface area (TPSA) is 97.0 Å². The van der Waals surface area contributed by atoms with E-state index in [1.165, 1.54) is 24.3 Å². The summed E-state index contributed by atoms with van der Waals surface area (Å²) >= 11 is 0. The van der Waals surface area contributed by atoms with Gasteiger partial charge in [-0.2, -0.15) is 0 Å². The first kappa shape index (κ1) is 15.4. The fourth-order valence-corrected chi connectivity index (χ4v) is 2.52. The quantitative estimate of drug-likeness (QED) is 0.714. The van der Waals surface area contributed by atoms with Crippen LogP contribution in [0.5, 0.6) is 5.75 Å². The second kappa shape index (κ2) is 5.62. The fraction of sp³-hybridized carbons (Fsp3) is 0. The number of halogens is 1. The summed E-state index contributed by atoms with van der Waals surface area (Å²) in [6, 6.07) is 11.1. The number of hydrogen-bond acceptors (Lipinski definition) is 4. The summed E-state index contributed by atoms with van der Waals surface area (Å²) in [5.41, 5.74) is -0.262. The van der Waals surface area contributed by atoms with Crippen molar-refractivity contribution in [3.05, 3.63) is 64.6 Å². The molecule has 0 saturated carbocycles. The summed E-state index contributed by atoms with van der Waals surface area (Å²) in [6.45, 7) is 0. The SMILES string of the molecule is O=c1c(OP(=O)(O)O)c(-c2ccc(F)cc2)oc2ccccc12. The highest BCUT2D eigenvalue weighted by molar-refractivity contribution is 7.46. The smallest absolute Gasteiger partial charge is 0.452 e. The van der Waals surface area contributed by atoms with Gasteiger partial charge in [-0.3, -0.25) is 14.6 Å². The zero-order valence-electron chi connectivity index (χ0n) is 11.5. The molecule has 1 heterocycles. The molecule has 0 spiro atoms. The van der Waals surface area contributed by atoms with Crippen molar-refractivity contribution in [2.75, 3.05) is 0 Å². The van der Waals surface area contributed by atoms with Crippen molar-refractivity contribution >= 4 is 18.8 Å². The Kier molecular flexibility index (Phi) is 3.77. The van der Waals surface area contributed by atoms with Gasteiger partial charge in [0.15, 0.2) is 5.76 Å². The molecule has 8 heteroatoms. The summed E-state index contributed by atoms with van der Waals surface area (Å²) in [6.07, 6.45) is 0. The van der Waals surface area contributed by atoms with Crippen LogP contribution in [0.25, 0.3) is 22.3 Å². The summed E-state index contributed by atoms with van der Waals surface area (Å²) in [4.78, 5) is 30.5. The largest absolute Gasteiger partial charge is 0.525 e. The van der Waals surface area contributed by atoms with Crippen molar-refractivity contribution in [2.24, 2.45) is 0 Å². The summed E-state index contributed by atoms with van der Waals surface area (Å²) in [5.74, 6) is -1.31. The molecular weight excluding hydrogens is 326 g/mol. The molecule has 0 aliphatic rings. The van der Waals surface area contributed by atoms with Gasteiger partial charge in [0, 0.05) is 5.56 Å². The molecule has 1 aromatic heterocycles. The zero-order chi connectivity index (χ0) is 16.6. The molecule has 118 valence electrons. The van der Waals surface area contributed by atoms with Gasteiger partial charge >= 0.3 is 7.82 Å². The van der Waals surface area contributed by atoms with E-state index in [4.69, 9.17) is 14.2 Å². The van der Waals surface area contributed by atoms with Crippen molar-refractivity contribution in [3.63, 3.8) is 0 Å². The van der Waals surface area contributed by atoms with Crippen LogP contribution in [0, 0.1) is 5.82 Å². The number of benzene rings is 2. The van der Waals surface area contributed by atoms with Crippen LogP contribution in [0.2, 0.25) is 0 Å². The molecule has 0 atom stereocenters. The van der Waals surface area contributed by atoms with Crippen molar-refractivity contribution in [1.82, 2.24) is 0 Å². The lowest BCUT2D eigenvalue weighted by Crippen LogP contribution is -2.08. The van der Waals surface area contributed by atoms with Gasteiger partial charge < -0.3 is 8.94 Å². The van der Waals surface area contributed by atoms with E-state index in [9.17, 15) is 13.8 Å². The van der Waals surface area contributed by atoms with Gasteiger partial charge in [-0.05, 0) is 36.4 Å². The van der Waals surface area contributed by atoms with E-state index in [2.05, 4.69) is 4.52 Å². The first-order valence-electron chi connectivity index (χ1n) is 6.42. The van der Waals surface area contributed by atoms with Gasteiger partial charge in [0.25, 0.3) is 0 Å². The van der Waals surface area contributed by atoms with Gasteiger partial charge in [-0.25, -0.2) is 8.96 Å². The van der Waals surface area contributed by atoms with E-state index >= 15 is 0 Å². The normalized spacial score (nSPS) is 11.6. The Bertz CT molecular complexity index is 973. The van der Waals surface area contributed by atoms with Gasteiger partial charge in [-0.15, -0.1) is 0 Å². The summed E-state index contributed by atoms with van der Waals surface area (Å²) in [7, 11) is -4.98. The molecule has 0 unspecified atom stereocenters. The van der Waals surface area contributed by atoms with E-state index in [0.29, 0.717) is 0 Å². The lowest BCUT2D eigenvalue weighted by atomic mass is 10.1. The predicted molar refractivity (Wildman–Crippen MR) is 80.6 cm³/mol. The van der Waals surface area contributed by atoms with E-state index < -0.39 is 24.8 Å². The minimum Gasteiger partial charge on any atom is -0.452 e. The lowest BCUT2D eigenvalue weighted by Gasteiger charge is -2.11. The van der Waals surface area contributed by atoms with Crippen molar-refractivity contribution < 1.29 is 27.7 Å². The van der Waals surface area contributed by atoms with Crippen LogP contribution >= 0.6 is 7.82 Å². The molecule has 0 radical (unpaired) electrons. The molecule has 6 nitrogen and oxygen atoms in total. The standard InChI is InChI=1S/C15H10FO6P/c16-10-7-5-9(6-8-10)14-15(22-23(18,19)20)13(17)11-3-1-2-4-12(11)21-14/h1-8H,(H2,18,19,20). The Morgan fingerprint density at radius 2 is 1.70 bits per heavy atom. The predicted octanol–water partition coefficient (Wildman–Crippen LogP) is 3.07. The second-order valence-electron chi connectivity index (χ2n) is 4.67. The number of rotatable bonds is 3. The maximum Gasteiger partial charge on any atom is 0.525 e. The van der Waals surface area contributed by atoms with Gasteiger partial charge in [0.1, 0.15) is 11.4 Å². The average molecular weight is 336 g/mol. The molecule has 0 bridgehead atoms. The van der Waals surface area contributed by atoms with Crippen molar-refractivity contribution in [2.45, 2.75) is 0 Å². The first-order valence-corrected chi connectivity index (χ1v) is 7.95. The van der Waals surface area contributed by atoms with E-state index in [-0.39, 0.29) is 22.3 Å². The molecular formula is C15H10FO6P. The monoisotopic (exact) mass is 336 g/mol. The Labute approximate surface area is 129 Å². The van der Waals surface area contributed by atoms with Crippen molar-refractivity contribution in [1.29, 1.82) is 0 Å². The third-order valence-electron chi connectivity index (χ3n) is 3.07. The molecule has 0 saturated heterocycles. The molecule has 2 aromatic carbocycles. The van der Waals surface area contributed by atoms with Crippen LogP contribution in [0.4, 0.5) is 4.39 Å². The molecule has 0 aliphatic carbocycles. The van der Waals surface area contributed by atoms with Crippen LogP contribution in [-0.2, 0) is 4.57 Å². The average Bonchev–Trinajstić information content (AvgIpc) is 2.50. The van der Waals surface area contributed by atoms with Crippen LogP contribution in [0.15, 0.2) is 57.7 Å². The number of fused-ring (bicyclic) bond motifs is 1. The van der Waals surface area contributed by atoms with Gasteiger partial charge in [-0.1, -0.05) is 12.1 Å². The molecule has 0 amide bonds. The molecule has 0 fully saturated rings. The molecule has 3 aromatic rings. The highest BCUT2D eigenvalue weighted by Gasteiger charge is 2.25. The van der Waals surface area contributed by atoms with Crippen LogP contribution in [0.3, 0.4) is 0 Å². The maximum absolute atomic E-state index is 13.1. The van der Waals surface area contributed by atoms with E-state index in [1.807, 2.05) is 0 Å². The molecule has 3 rings (SSSR count). The maximum atomic E-state index is 13.1. The highest BCUT2D eigenvalue weighted by Crippen LogP contribution is 2.41. The van der Waals surface area contributed by atoms with E-state index in [1.54, 1.807) is 12.1 Å². The van der Waals surface area contributed by atoms with Crippen LogP contribution < -0.4 is 9.95 Å². The number of phosphoric acid groups is 1. The van der Waals surface area contributed by atoms with Gasteiger partial charge in [0.2, 0.25) is 11.2 Å². The third-order valence-corrected chi connectivity index (χ3v) is 3.49. The van der Waals surface area contributed by atoms with Crippen LogP contribution in [-0.4, -0.2) is 9.79 Å². The van der Waals surface area contributed by atoms with Crippen LogP contribution in [0.1, 0.15) is 0 Å². The fourth-order valence-electron chi connectivity index (χ4n) is 2.12. The lowest BCUT2D eigenvalue weighted by molar-refractivity contribution is 0.280.